The Morgan fingerprint density at radius 3 is 2.48 bits per heavy atom. The smallest absolute Gasteiger partial charge is 0.328 e. The lowest BCUT2D eigenvalue weighted by Gasteiger charge is -2.43. The number of carbonyl (C=O) groups is 3. The largest absolute Gasteiger partial charge is 0.467 e. The van der Waals surface area contributed by atoms with E-state index in [9.17, 15) is 19.2 Å². The van der Waals surface area contributed by atoms with E-state index in [1.54, 1.807) is 18.7 Å². The Balaban J connectivity index is 1.43. The predicted octanol–water partition coefficient (Wildman–Crippen LogP) is 3.23. The maximum absolute atomic E-state index is 13.5. The number of hydrogen-bond acceptors (Lipinski definition) is 7. The number of H-pyrrole nitrogens is 1. The SMILES string of the molecule is COC(=O)C(C)N1C(=O)C2C3CC(C2C1=O)C1C(c2ccc(Br)cc2)c2sc(=O)[nH]c2SC31. The maximum atomic E-state index is 13.5. The minimum absolute atomic E-state index is 0.00534. The summed E-state index contributed by atoms with van der Waals surface area (Å²) in [6.07, 6.45) is 0.821. The van der Waals surface area contributed by atoms with E-state index >= 15 is 0 Å². The predicted molar refractivity (Wildman–Crippen MR) is 126 cm³/mol. The van der Waals surface area contributed by atoms with Crippen molar-refractivity contribution in [2.24, 2.45) is 29.6 Å². The van der Waals surface area contributed by atoms with E-state index in [0.717, 1.165) is 31.3 Å². The molecule has 6 rings (SSSR count). The fraction of sp³-hybridized carbons (Fsp3) is 0.478. The molecule has 2 amide bonds. The number of aromatic nitrogens is 1. The Morgan fingerprint density at radius 2 is 1.82 bits per heavy atom. The number of thioether (sulfide) groups is 1. The summed E-state index contributed by atoms with van der Waals surface area (Å²) in [4.78, 5) is 56.4. The fourth-order valence-corrected chi connectivity index (χ4v) is 9.89. The van der Waals surface area contributed by atoms with E-state index in [1.807, 2.05) is 12.1 Å². The fourth-order valence-electron chi connectivity index (χ4n) is 6.74. The van der Waals surface area contributed by atoms with Crippen molar-refractivity contribution in [1.82, 2.24) is 9.88 Å². The normalized spacial score (nSPS) is 34.8. The number of aromatic amines is 1. The number of halogens is 1. The number of fused-ring (bicyclic) bond motifs is 9. The molecular weight excluding hydrogens is 528 g/mol. The second kappa shape index (κ2) is 7.55. The van der Waals surface area contributed by atoms with Crippen LogP contribution in [0, 0.1) is 29.6 Å². The summed E-state index contributed by atoms with van der Waals surface area (Å²) in [5, 5.41) is 1.02. The standard InChI is InChI=1S/C23H21BrN2O5S2/c1-8(22(29)31-2)26-20(27)15-11-7-12(16(15)21(26)28)17-14(11)13(9-3-5-10(24)6-4-9)18-19(32-17)25-23(30)33-18/h3-6,8,11-17H,7H2,1-2H3,(H,25,30). The molecule has 0 radical (unpaired) electrons. The number of rotatable bonds is 3. The molecule has 0 spiro atoms. The zero-order chi connectivity index (χ0) is 23.2. The Kier molecular flexibility index (Phi) is 4.94. The molecule has 7 nitrogen and oxygen atoms in total. The lowest BCUT2D eigenvalue weighted by molar-refractivity contribution is -0.156. The molecule has 33 heavy (non-hydrogen) atoms. The van der Waals surface area contributed by atoms with Crippen LogP contribution in [-0.4, -0.2) is 46.1 Å². The number of likely N-dealkylation sites (tertiary alicyclic amines) is 1. The number of carbonyl (C=O) groups excluding carboxylic acids is 3. The number of thiazole rings is 1. The van der Waals surface area contributed by atoms with Gasteiger partial charge < -0.3 is 9.72 Å². The first kappa shape index (κ1) is 21.6. The summed E-state index contributed by atoms with van der Waals surface area (Å²) >= 11 is 6.40. The molecule has 10 heteroatoms. The molecule has 1 aromatic carbocycles. The van der Waals surface area contributed by atoms with Crippen molar-refractivity contribution >= 4 is 56.8 Å². The van der Waals surface area contributed by atoms with Crippen molar-refractivity contribution in [1.29, 1.82) is 0 Å². The minimum atomic E-state index is -0.921. The molecule has 1 saturated heterocycles. The molecular formula is C23H21BrN2O5S2. The monoisotopic (exact) mass is 548 g/mol. The third-order valence-electron chi connectivity index (χ3n) is 7.92. The lowest BCUT2D eigenvalue weighted by Crippen LogP contribution is -2.45. The highest BCUT2D eigenvalue weighted by Gasteiger charge is 2.70. The average Bonchev–Trinajstić information content (AvgIpc) is 3.52. The van der Waals surface area contributed by atoms with Crippen LogP contribution in [-0.2, 0) is 19.1 Å². The molecule has 1 aromatic heterocycles. The summed E-state index contributed by atoms with van der Waals surface area (Å²) in [6, 6.07) is 7.23. The van der Waals surface area contributed by atoms with Crippen LogP contribution >= 0.6 is 39.0 Å². The van der Waals surface area contributed by atoms with Crippen LogP contribution in [0.5, 0.6) is 0 Å². The molecule has 8 atom stereocenters. The molecule has 2 aliphatic carbocycles. The highest BCUT2D eigenvalue weighted by molar-refractivity contribution is 9.10. The molecule has 1 N–H and O–H groups in total. The van der Waals surface area contributed by atoms with Gasteiger partial charge in [0.1, 0.15) is 6.04 Å². The summed E-state index contributed by atoms with van der Waals surface area (Å²) in [6.45, 7) is 1.55. The maximum Gasteiger partial charge on any atom is 0.328 e. The van der Waals surface area contributed by atoms with Crippen LogP contribution < -0.4 is 4.87 Å². The van der Waals surface area contributed by atoms with Crippen molar-refractivity contribution in [2.75, 3.05) is 7.11 Å². The van der Waals surface area contributed by atoms with Gasteiger partial charge >= 0.3 is 10.8 Å². The number of nitrogens with one attached hydrogen (secondary N) is 1. The topological polar surface area (TPSA) is 96.5 Å². The molecule has 2 saturated carbocycles. The van der Waals surface area contributed by atoms with Crippen molar-refractivity contribution in [2.45, 2.75) is 35.6 Å². The first-order valence-corrected chi connectivity index (χ1v) is 13.4. The van der Waals surface area contributed by atoms with Crippen LogP contribution in [0.2, 0.25) is 0 Å². The summed E-state index contributed by atoms with van der Waals surface area (Å²) < 4.78 is 5.79. The molecule has 4 aliphatic rings. The summed E-state index contributed by atoms with van der Waals surface area (Å²) in [5.74, 6) is -1.68. The molecule has 2 bridgehead atoms. The van der Waals surface area contributed by atoms with Gasteiger partial charge in [0.2, 0.25) is 11.8 Å². The highest BCUT2D eigenvalue weighted by atomic mass is 79.9. The van der Waals surface area contributed by atoms with Gasteiger partial charge in [-0.25, -0.2) is 4.79 Å². The van der Waals surface area contributed by atoms with E-state index in [1.165, 1.54) is 18.4 Å². The van der Waals surface area contributed by atoms with E-state index in [2.05, 4.69) is 33.0 Å². The minimum Gasteiger partial charge on any atom is -0.467 e. The number of amides is 2. The second-order valence-electron chi connectivity index (χ2n) is 9.26. The van der Waals surface area contributed by atoms with Crippen molar-refractivity contribution in [3.63, 3.8) is 0 Å². The highest BCUT2D eigenvalue weighted by Crippen LogP contribution is 2.68. The number of nitrogens with zero attached hydrogens (tertiary/aromatic N) is 1. The Labute approximate surface area is 206 Å². The van der Waals surface area contributed by atoms with Crippen molar-refractivity contribution in [3.8, 4) is 0 Å². The molecule has 2 aliphatic heterocycles. The van der Waals surface area contributed by atoms with Gasteiger partial charge in [-0.15, -0.1) is 11.8 Å². The first-order chi connectivity index (χ1) is 15.8. The van der Waals surface area contributed by atoms with Crippen molar-refractivity contribution < 1.29 is 19.1 Å². The zero-order valence-corrected chi connectivity index (χ0v) is 21.0. The Bertz CT molecular complexity index is 1240. The summed E-state index contributed by atoms with van der Waals surface area (Å²) in [7, 11) is 1.27. The molecule has 8 unspecified atom stereocenters. The lowest BCUT2D eigenvalue weighted by atomic mass is 9.68. The number of ether oxygens (including phenoxy) is 1. The Morgan fingerprint density at radius 1 is 1.15 bits per heavy atom. The van der Waals surface area contributed by atoms with Gasteiger partial charge in [0.15, 0.2) is 0 Å². The summed E-state index contributed by atoms with van der Waals surface area (Å²) in [5.41, 5.74) is 1.12. The number of hydrogen-bond donors (Lipinski definition) is 1. The quantitative estimate of drug-likeness (QED) is 0.467. The van der Waals surface area contributed by atoms with Gasteiger partial charge in [-0.1, -0.05) is 39.4 Å². The van der Waals surface area contributed by atoms with Crippen LogP contribution in [0.25, 0.3) is 0 Å². The third kappa shape index (κ3) is 2.93. The molecule has 172 valence electrons. The van der Waals surface area contributed by atoms with E-state index < -0.39 is 23.8 Å². The zero-order valence-electron chi connectivity index (χ0n) is 17.8. The van der Waals surface area contributed by atoms with Gasteiger partial charge in [-0.05, 0) is 48.8 Å². The number of methoxy groups -OCH3 is 1. The second-order valence-corrected chi connectivity index (χ2v) is 12.4. The van der Waals surface area contributed by atoms with Crippen LogP contribution in [0.3, 0.4) is 0 Å². The van der Waals surface area contributed by atoms with Crippen LogP contribution in [0.4, 0.5) is 0 Å². The van der Waals surface area contributed by atoms with Crippen LogP contribution in [0.15, 0.2) is 38.6 Å². The van der Waals surface area contributed by atoms with Gasteiger partial charge in [0.25, 0.3) is 0 Å². The molecule has 3 fully saturated rings. The van der Waals surface area contributed by atoms with Crippen LogP contribution in [0.1, 0.15) is 29.7 Å². The van der Waals surface area contributed by atoms with Gasteiger partial charge in [0.05, 0.1) is 24.0 Å². The third-order valence-corrected chi connectivity index (χ3v) is 11.0. The first-order valence-electron chi connectivity index (χ1n) is 10.9. The van der Waals surface area contributed by atoms with E-state index in [4.69, 9.17) is 4.74 Å². The molecule has 3 heterocycles. The van der Waals surface area contributed by atoms with Gasteiger partial charge in [-0.3, -0.25) is 19.3 Å². The number of imide groups is 1. The van der Waals surface area contributed by atoms with E-state index in [-0.39, 0.29) is 45.6 Å². The van der Waals surface area contributed by atoms with Gasteiger partial charge in [-0.2, -0.15) is 0 Å². The van der Waals surface area contributed by atoms with Crippen molar-refractivity contribution in [3.05, 3.63) is 48.8 Å². The number of benzene rings is 1. The average molecular weight is 549 g/mol. The van der Waals surface area contributed by atoms with E-state index in [0.29, 0.717) is 0 Å². The Hall–Kier alpha value is -1.91. The van der Waals surface area contributed by atoms with Gasteiger partial charge in [0, 0.05) is 20.5 Å². The number of esters is 1. The molecule has 2 aromatic rings.